The summed E-state index contributed by atoms with van der Waals surface area (Å²) < 4.78 is 2.00. The van der Waals surface area contributed by atoms with E-state index in [1.165, 1.54) is 6.33 Å². The lowest BCUT2D eigenvalue weighted by atomic mass is 10.2. The van der Waals surface area contributed by atoms with E-state index in [0.29, 0.717) is 0 Å². The van der Waals surface area contributed by atoms with Crippen LogP contribution in [0.4, 0.5) is 0 Å². The SMILES string of the molecule is CNC(Cc1nccn1C)c1ncn[nH]1. The van der Waals surface area contributed by atoms with Gasteiger partial charge < -0.3 is 9.88 Å². The molecular weight excluding hydrogens is 192 g/mol. The fourth-order valence-corrected chi connectivity index (χ4v) is 1.49. The summed E-state index contributed by atoms with van der Waals surface area (Å²) in [6.45, 7) is 0. The molecule has 0 fully saturated rings. The number of aromatic amines is 1. The third-order valence-corrected chi connectivity index (χ3v) is 2.42. The summed E-state index contributed by atoms with van der Waals surface area (Å²) in [5, 5.41) is 9.88. The summed E-state index contributed by atoms with van der Waals surface area (Å²) in [4.78, 5) is 8.41. The van der Waals surface area contributed by atoms with Crippen LogP contribution in [0.25, 0.3) is 0 Å². The molecule has 15 heavy (non-hydrogen) atoms. The Balaban J connectivity index is 2.13. The van der Waals surface area contributed by atoms with Crippen LogP contribution in [0.2, 0.25) is 0 Å². The number of imidazole rings is 1. The number of aromatic nitrogens is 5. The van der Waals surface area contributed by atoms with Gasteiger partial charge in [0.15, 0.2) is 0 Å². The second-order valence-corrected chi connectivity index (χ2v) is 3.37. The van der Waals surface area contributed by atoms with Gasteiger partial charge in [-0.15, -0.1) is 0 Å². The molecule has 0 amide bonds. The van der Waals surface area contributed by atoms with Crippen LogP contribution in [0, 0.1) is 0 Å². The fraction of sp³-hybridized carbons (Fsp3) is 0.444. The van der Waals surface area contributed by atoms with Crippen molar-refractivity contribution in [1.82, 2.24) is 30.0 Å². The maximum atomic E-state index is 4.27. The Morgan fingerprint density at radius 3 is 2.93 bits per heavy atom. The average molecular weight is 206 g/mol. The lowest BCUT2D eigenvalue weighted by molar-refractivity contribution is 0.536. The summed E-state index contributed by atoms with van der Waals surface area (Å²) in [7, 11) is 3.88. The van der Waals surface area contributed by atoms with Crippen LogP contribution < -0.4 is 5.32 Å². The van der Waals surface area contributed by atoms with Crippen LogP contribution in [0.1, 0.15) is 17.7 Å². The highest BCUT2D eigenvalue weighted by Gasteiger charge is 2.14. The zero-order chi connectivity index (χ0) is 10.7. The smallest absolute Gasteiger partial charge is 0.141 e. The average Bonchev–Trinajstić information content (AvgIpc) is 2.86. The van der Waals surface area contributed by atoms with Crippen LogP contribution in [0.3, 0.4) is 0 Å². The van der Waals surface area contributed by atoms with E-state index in [2.05, 4.69) is 25.5 Å². The maximum Gasteiger partial charge on any atom is 0.141 e. The monoisotopic (exact) mass is 206 g/mol. The van der Waals surface area contributed by atoms with Crippen molar-refractivity contribution in [2.45, 2.75) is 12.5 Å². The Morgan fingerprint density at radius 2 is 2.40 bits per heavy atom. The van der Waals surface area contributed by atoms with Crippen molar-refractivity contribution in [3.05, 3.63) is 30.4 Å². The Bertz CT molecular complexity index is 404. The highest BCUT2D eigenvalue weighted by molar-refractivity contribution is 5.00. The molecule has 0 saturated carbocycles. The Morgan fingerprint density at radius 1 is 1.53 bits per heavy atom. The zero-order valence-electron chi connectivity index (χ0n) is 8.81. The van der Waals surface area contributed by atoms with Crippen LogP contribution in [0.15, 0.2) is 18.7 Å². The lowest BCUT2D eigenvalue weighted by Gasteiger charge is -2.12. The third-order valence-electron chi connectivity index (χ3n) is 2.42. The van der Waals surface area contributed by atoms with E-state index in [9.17, 15) is 0 Å². The van der Waals surface area contributed by atoms with Gasteiger partial charge in [-0.1, -0.05) is 0 Å². The number of rotatable bonds is 4. The molecule has 0 bridgehead atoms. The zero-order valence-corrected chi connectivity index (χ0v) is 8.81. The minimum atomic E-state index is 0.119. The second kappa shape index (κ2) is 4.22. The molecule has 0 saturated heterocycles. The number of likely N-dealkylation sites (N-methyl/N-ethyl adjacent to an activating group) is 1. The predicted octanol–water partition coefficient (Wildman–Crippen LogP) is 0.0414. The van der Waals surface area contributed by atoms with E-state index >= 15 is 0 Å². The molecule has 0 spiro atoms. The van der Waals surface area contributed by atoms with Gasteiger partial charge in [0.1, 0.15) is 18.0 Å². The Kier molecular flexibility index (Phi) is 2.77. The summed E-state index contributed by atoms with van der Waals surface area (Å²) >= 11 is 0. The molecule has 0 aliphatic rings. The molecule has 6 nitrogen and oxygen atoms in total. The molecule has 2 aromatic rings. The van der Waals surface area contributed by atoms with Crippen LogP contribution >= 0.6 is 0 Å². The third kappa shape index (κ3) is 2.04. The van der Waals surface area contributed by atoms with E-state index in [-0.39, 0.29) is 6.04 Å². The van der Waals surface area contributed by atoms with Crippen LogP contribution in [-0.2, 0) is 13.5 Å². The molecule has 0 aliphatic carbocycles. The van der Waals surface area contributed by atoms with E-state index in [1.54, 1.807) is 6.20 Å². The van der Waals surface area contributed by atoms with E-state index in [4.69, 9.17) is 0 Å². The van der Waals surface area contributed by atoms with Gasteiger partial charge in [0.2, 0.25) is 0 Å². The van der Waals surface area contributed by atoms with Gasteiger partial charge in [0.05, 0.1) is 6.04 Å². The number of hydrogen-bond acceptors (Lipinski definition) is 4. The molecule has 2 N–H and O–H groups in total. The number of aryl methyl sites for hydroxylation is 1. The molecule has 2 aromatic heterocycles. The summed E-state index contributed by atoms with van der Waals surface area (Å²) in [5.74, 6) is 1.85. The van der Waals surface area contributed by atoms with Crippen molar-refractivity contribution in [3.8, 4) is 0 Å². The summed E-state index contributed by atoms with van der Waals surface area (Å²) in [6, 6.07) is 0.119. The summed E-state index contributed by atoms with van der Waals surface area (Å²) in [5.41, 5.74) is 0. The minimum Gasteiger partial charge on any atom is -0.338 e. The normalized spacial score (nSPS) is 12.9. The fourth-order valence-electron chi connectivity index (χ4n) is 1.49. The molecule has 1 unspecified atom stereocenters. The maximum absolute atomic E-state index is 4.27. The standard InChI is InChI=1S/C9H14N6/c1-10-7(9-12-6-13-14-9)5-8-11-3-4-15(8)2/h3-4,6-7,10H,5H2,1-2H3,(H,12,13,14). The molecule has 1 atom stereocenters. The van der Waals surface area contributed by atoms with E-state index < -0.39 is 0 Å². The van der Waals surface area contributed by atoms with Gasteiger partial charge in [-0.25, -0.2) is 9.97 Å². The first-order chi connectivity index (χ1) is 7.31. The number of nitrogens with one attached hydrogen (secondary N) is 2. The second-order valence-electron chi connectivity index (χ2n) is 3.37. The van der Waals surface area contributed by atoms with Crippen LogP contribution in [0.5, 0.6) is 0 Å². The molecule has 2 heterocycles. The molecular formula is C9H14N6. The van der Waals surface area contributed by atoms with Crippen molar-refractivity contribution in [3.63, 3.8) is 0 Å². The van der Waals surface area contributed by atoms with Gasteiger partial charge in [0, 0.05) is 25.9 Å². The van der Waals surface area contributed by atoms with E-state index in [1.807, 2.05) is 24.9 Å². The highest BCUT2D eigenvalue weighted by atomic mass is 15.2. The first kappa shape index (κ1) is 9.85. The molecule has 0 aromatic carbocycles. The van der Waals surface area contributed by atoms with Crippen molar-refractivity contribution >= 4 is 0 Å². The minimum absolute atomic E-state index is 0.119. The number of hydrogen-bond donors (Lipinski definition) is 2. The van der Waals surface area contributed by atoms with Gasteiger partial charge in [0.25, 0.3) is 0 Å². The predicted molar refractivity (Wildman–Crippen MR) is 55.1 cm³/mol. The van der Waals surface area contributed by atoms with Crippen molar-refractivity contribution in [1.29, 1.82) is 0 Å². The van der Waals surface area contributed by atoms with Crippen molar-refractivity contribution in [2.24, 2.45) is 7.05 Å². The molecule has 6 heteroatoms. The largest absolute Gasteiger partial charge is 0.338 e. The number of H-pyrrole nitrogens is 1. The first-order valence-electron chi connectivity index (χ1n) is 4.80. The molecule has 80 valence electrons. The Hall–Kier alpha value is -1.69. The highest BCUT2D eigenvalue weighted by Crippen LogP contribution is 2.11. The first-order valence-corrected chi connectivity index (χ1v) is 4.80. The summed E-state index contributed by atoms with van der Waals surface area (Å²) in [6.07, 6.45) is 6.03. The van der Waals surface area contributed by atoms with Crippen molar-refractivity contribution in [2.75, 3.05) is 7.05 Å². The van der Waals surface area contributed by atoms with Gasteiger partial charge >= 0.3 is 0 Å². The van der Waals surface area contributed by atoms with E-state index in [0.717, 1.165) is 18.1 Å². The quantitative estimate of drug-likeness (QED) is 0.741. The molecule has 2 rings (SSSR count). The van der Waals surface area contributed by atoms with Gasteiger partial charge in [-0.3, -0.25) is 5.10 Å². The molecule has 0 aliphatic heterocycles. The topological polar surface area (TPSA) is 71.4 Å². The van der Waals surface area contributed by atoms with Gasteiger partial charge in [-0.05, 0) is 7.05 Å². The Labute approximate surface area is 87.8 Å². The lowest BCUT2D eigenvalue weighted by Crippen LogP contribution is -2.21. The number of nitrogens with zero attached hydrogens (tertiary/aromatic N) is 4. The molecule has 0 radical (unpaired) electrons. The van der Waals surface area contributed by atoms with Crippen molar-refractivity contribution < 1.29 is 0 Å². The van der Waals surface area contributed by atoms with Crippen LogP contribution in [-0.4, -0.2) is 31.8 Å². The van der Waals surface area contributed by atoms with Gasteiger partial charge in [-0.2, -0.15) is 5.10 Å².